The van der Waals surface area contributed by atoms with Crippen LogP contribution in [0.2, 0.25) is 0 Å². The Kier molecular flexibility index (Phi) is 6.63. The Morgan fingerprint density at radius 2 is 1.72 bits per heavy atom. The van der Waals surface area contributed by atoms with Gasteiger partial charge < -0.3 is 5.32 Å². The molecule has 1 aliphatic carbocycles. The average Bonchev–Trinajstić information content (AvgIpc) is 2.48. The minimum Gasteiger partial charge on any atom is -0.353 e. The molecule has 0 aromatic heterocycles. The Hall–Kier alpha value is -1.40. The topological polar surface area (TPSA) is 75.3 Å². The maximum atomic E-state index is 12.6. The summed E-state index contributed by atoms with van der Waals surface area (Å²) in [5.74, 6) is 0.408. The van der Waals surface area contributed by atoms with Gasteiger partial charge in [-0.1, -0.05) is 37.5 Å². The number of carbonyl (C=O) groups is 1. The predicted molar refractivity (Wildman–Crippen MR) is 100 cm³/mol. The van der Waals surface area contributed by atoms with Gasteiger partial charge in [-0.2, -0.15) is 0 Å². The van der Waals surface area contributed by atoms with Gasteiger partial charge in [-0.3, -0.25) is 4.79 Å². The van der Waals surface area contributed by atoms with Gasteiger partial charge in [0.15, 0.2) is 0 Å². The van der Waals surface area contributed by atoms with Crippen molar-refractivity contribution in [1.82, 2.24) is 10.0 Å². The van der Waals surface area contributed by atoms with Crippen LogP contribution >= 0.6 is 0 Å². The Labute approximate surface area is 151 Å². The minimum atomic E-state index is -3.61. The highest BCUT2D eigenvalue weighted by Crippen LogP contribution is 2.24. The number of aryl methyl sites for hydroxylation is 3. The molecule has 0 heterocycles. The summed E-state index contributed by atoms with van der Waals surface area (Å²) in [6.07, 6.45) is 4.69. The van der Waals surface area contributed by atoms with Crippen LogP contribution in [0.25, 0.3) is 0 Å². The van der Waals surface area contributed by atoms with E-state index < -0.39 is 10.0 Å². The van der Waals surface area contributed by atoms with Gasteiger partial charge in [0.2, 0.25) is 15.9 Å². The fourth-order valence-corrected chi connectivity index (χ4v) is 5.25. The number of sulfonamides is 1. The highest BCUT2D eigenvalue weighted by Gasteiger charge is 2.23. The molecule has 25 heavy (non-hydrogen) atoms. The lowest BCUT2D eigenvalue weighted by Gasteiger charge is -2.29. The summed E-state index contributed by atoms with van der Waals surface area (Å²) >= 11 is 0. The SMILES string of the molecule is Cc1cc(C)c(S(=O)(=O)NCCC(=O)NC2CCCCC2C)c(C)c1. The molecular weight excluding hydrogens is 336 g/mol. The van der Waals surface area contributed by atoms with E-state index in [1.807, 2.05) is 19.1 Å². The molecule has 2 atom stereocenters. The van der Waals surface area contributed by atoms with Crippen LogP contribution in [0, 0.1) is 26.7 Å². The zero-order valence-corrected chi connectivity index (χ0v) is 16.5. The van der Waals surface area contributed by atoms with E-state index in [4.69, 9.17) is 0 Å². The number of hydrogen-bond acceptors (Lipinski definition) is 3. The Bertz CT molecular complexity index is 705. The highest BCUT2D eigenvalue weighted by molar-refractivity contribution is 7.89. The molecule has 1 aliphatic rings. The molecule has 5 nitrogen and oxygen atoms in total. The van der Waals surface area contributed by atoms with Crippen molar-refractivity contribution in [3.63, 3.8) is 0 Å². The van der Waals surface area contributed by atoms with E-state index in [9.17, 15) is 13.2 Å². The number of amides is 1. The molecule has 140 valence electrons. The second-order valence-corrected chi connectivity index (χ2v) is 9.02. The molecule has 1 fully saturated rings. The van der Waals surface area contributed by atoms with Gasteiger partial charge in [0.25, 0.3) is 0 Å². The first kappa shape index (κ1) is 19.9. The van der Waals surface area contributed by atoms with Crippen molar-refractivity contribution in [2.45, 2.75) is 70.7 Å². The first-order valence-corrected chi connectivity index (χ1v) is 10.6. The molecule has 0 bridgehead atoms. The highest BCUT2D eigenvalue weighted by atomic mass is 32.2. The number of nitrogens with one attached hydrogen (secondary N) is 2. The number of rotatable bonds is 6. The maximum absolute atomic E-state index is 12.6. The van der Waals surface area contributed by atoms with Crippen molar-refractivity contribution in [1.29, 1.82) is 0 Å². The third-order valence-electron chi connectivity index (χ3n) is 4.98. The molecule has 1 amide bonds. The molecule has 2 unspecified atom stereocenters. The van der Waals surface area contributed by atoms with Crippen LogP contribution in [0.5, 0.6) is 0 Å². The van der Waals surface area contributed by atoms with Crippen LogP contribution in [0.15, 0.2) is 17.0 Å². The van der Waals surface area contributed by atoms with Gasteiger partial charge in [0.1, 0.15) is 0 Å². The fourth-order valence-electron chi connectivity index (χ4n) is 3.77. The molecule has 0 aliphatic heterocycles. The smallest absolute Gasteiger partial charge is 0.241 e. The molecule has 2 rings (SSSR count). The average molecular weight is 367 g/mol. The number of hydrogen-bond donors (Lipinski definition) is 2. The lowest BCUT2D eigenvalue weighted by Crippen LogP contribution is -2.42. The van der Waals surface area contributed by atoms with E-state index in [1.54, 1.807) is 13.8 Å². The molecular formula is C19H30N2O3S. The van der Waals surface area contributed by atoms with Gasteiger partial charge in [0, 0.05) is 19.0 Å². The van der Waals surface area contributed by atoms with Gasteiger partial charge in [-0.25, -0.2) is 13.1 Å². The first-order chi connectivity index (χ1) is 11.7. The van der Waals surface area contributed by atoms with E-state index >= 15 is 0 Å². The predicted octanol–water partition coefficient (Wildman–Crippen LogP) is 2.98. The van der Waals surface area contributed by atoms with Gasteiger partial charge in [0.05, 0.1) is 4.90 Å². The van der Waals surface area contributed by atoms with Crippen molar-refractivity contribution >= 4 is 15.9 Å². The van der Waals surface area contributed by atoms with Crippen LogP contribution in [0.4, 0.5) is 0 Å². The van der Waals surface area contributed by atoms with E-state index in [2.05, 4.69) is 17.0 Å². The molecule has 2 N–H and O–H groups in total. The van der Waals surface area contributed by atoms with E-state index in [0.717, 1.165) is 36.0 Å². The van der Waals surface area contributed by atoms with Crippen molar-refractivity contribution in [3.8, 4) is 0 Å². The van der Waals surface area contributed by atoms with Crippen molar-refractivity contribution in [3.05, 3.63) is 28.8 Å². The van der Waals surface area contributed by atoms with Crippen LogP contribution in [-0.2, 0) is 14.8 Å². The Morgan fingerprint density at radius 3 is 2.32 bits per heavy atom. The second kappa shape index (κ2) is 8.32. The normalized spacial score (nSPS) is 21.1. The maximum Gasteiger partial charge on any atom is 0.241 e. The van der Waals surface area contributed by atoms with Gasteiger partial charge in [-0.05, 0) is 50.7 Å². The Morgan fingerprint density at radius 1 is 1.12 bits per heavy atom. The summed E-state index contributed by atoms with van der Waals surface area (Å²) in [4.78, 5) is 12.4. The second-order valence-electron chi connectivity index (χ2n) is 7.31. The van der Waals surface area contributed by atoms with Crippen LogP contribution in [-0.4, -0.2) is 26.9 Å². The van der Waals surface area contributed by atoms with Crippen molar-refractivity contribution < 1.29 is 13.2 Å². The lowest BCUT2D eigenvalue weighted by atomic mass is 9.86. The van der Waals surface area contributed by atoms with Crippen LogP contribution in [0.1, 0.15) is 55.7 Å². The monoisotopic (exact) mass is 366 g/mol. The summed E-state index contributed by atoms with van der Waals surface area (Å²) in [6, 6.07) is 3.94. The standard InChI is InChI=1S/C19H30N2O3S/c1-13-11-15(3)19(16(4)12-13)25(23,24)20-10-9-18(22)21-17-8-6-5-7-14(17)2/h11-12,14,17,20H,5-10H2,1-4H3,(H,21,22). The van der Waals surface area contributed by atoms with Gasteiger partial charge >= 0.3 is 0 Å². The molecule has 0 spiro atoms. The zero-order chi connectivity index (χ0) is 18.6. The fraction of sp³-hybridized carbons (Fsp3) is 0.632. The molecule has 6 heteroatoms. The van der Waals surface area contributed by atoms with Crippen LogP contribution < -0.4 is 10.0 Å². The quantitative estimate of drug-likeness (QED) is 0.813. The summed E-state index contributed by atoms with van der Waals surface area (Å²) < 4.78 is 27.7. The van der Waals surface area contributed by atoms with E-state index in [0.29, 0.717) is 10.8 Å². The van der Waals surface area contributed by atoms with Crippen LogP contribution in [0.3, 0.4) is 0 Å². The summed E-state index contributed by atoms with van der Waals surface area (Å²) in [7, 11) is -3.61. The van der Waals surface area contributed by atoms with Crippen molar-refractivity contribution in [2.75, 3.05) is 6.54 Å². The zero-order valence-electron chi connectivity index (χ0n) is 15.7. The Balaban J connectivity index is 1.91. The number of benzene rings is 1. The largest absolute Gasteiger partial charge is 0.353 e. The van der Waals surface area contributed by atoms with Gasteiger partial charge in [-0.15, -0.1) is 0 Å². The number of carbonyl (C=O) groups excluding carboxylic acids is 1. The molecule has 0 saturated heterocycles. The minimum absolute atomic E-state index is 0.0844. The molecule has 1 saturated carbocycles. The van der Waals surface area contributed by atoms with Crippen molar-refractivity contribution in [2.24, 2.45) is 5.92 Å². The molecule has 1 aromatic carbocycles. The van der Waals surface area contributed by atoms with E-state index in [-0.39, 0.29) is 24.9 Å². The molecule has 0 radical (unpaired) electrons. The first-order valence-electron chi connectivity index (χ1n) is 9.07. The summed E-state index contributed by atoms with van der Waals surface area (Å²) in [5.41, 5.74) is 2.49. The third-order valence-corrected chi connectivity index (χ3v) is 6.74. The summed E-state index contributed by atoms with van der Waals surface area (Å²) in [5, 5.41) is 3.05. The molecule has 1 aromatic rings. The van der Waals surface area contributed by atoms with E-state index in [1.165, 1.54) is 6.42 Å². The lowest BCUT2D eigenvalue weighted by molar-refractivity contribution is -0.122. The third kappa shape index (κ3) is 5.28. The summed E-state index contributed by atoms with van der Waals surface area (Å²) in [6.45, 7) is 7.82.